The first kappa shape index (κ1) is 16.9. The Bertz CT molecular complexity index is 745. The van der Waals surface area contributed by atoms with Crippen LogP contribution in [0.3, 0.4) is 0 Å². The fraction of sp³-hybridized carbons (Fsp3) is 0.200. The molecule has 0 aliphatic rings. The molecule has 0 atom stereocenters. The number of hydrogen-bond acceptors (Lipinski definition) is 5. The van der Waals surface area contributed by atoms with E-state index >= 15 is 0 Å². The van der Waals surface area contributed by atoms with Crippen molar-refractivity contribution in [3.63, 3.8) is 0 Å². The molecule has 0 radical (unpaired) electrons. The summed E-state index contributed by atoms with van der Waals surface area (Å²) in [5.41, 5.74) is 0.233. The molecule has 0 aliphatic heterocycles. The molecule has 8 heteroatoms. The van der Waals surface area contributed by atoms with Gasteiger partial charge in [-0.1, -0.05) is 0 Å². The molecule has 0 bridgehead atoms. The minimum absolute atomic E-state index is 0.233. The zero-order chi connectivity index (χ0) is 17.0. The highest BCUT2D eigenvalue weighted by molar-refractivity contribution is 7.16. The summed E-state index contributed by atoms with van der Waals surface area (Å²) in [6.45, 7) is 1.29. The number of thiophene rings is 1. The molecule has 0 unspecified atom stereocenters. The van der Waals surface area contributed by atoms with Crippen LogP contribution >= 0.6 is 11.3 Å². The smallest absolute Gasteiger partial charge is 0.340 e. The van der Waals surface area contributed by atoms with E-state index in [1.54, 1.807) is 13.0 Å². The van der Waals surface area contributed by atoms with Crippen LogP contribution in [0.2, 0.25) is 0 Å². The van der Waals surface area contributed by atoms with Gasteiger partial charge in [-0.05, 0) is 25.1 Å². The van der Waals surface area contributed by atoms with Crippen molar-refractivity contribution in [2.45, 2.75) is 6.92 Å². The zero-order valence-corrected chi connectivity index (χ0v) is 13.1. The van der Waals surface area contributed by atoms with Gasteiger partial charge in [-0.25, -0.2) is 13.6 Å². The van der Waals surface area contributed by atoms with Gasteiger partial charge < -0.3 is 14.8 Å². The molecular weight excluding hydrogens is 328 g/mol. The quantitative estimate of drug-likeness (QED) is 0.849. The second-order valence-corrected chi connectivity index (χ2v) is 5.76. The number of rotatable bonds is 5. The van der Waals surface area contributed by atoms with Gasteiger partial charge in [0.05, 0.1) is 12.7 Å². The van der Waals surface area contributed by atoms with Crippen molar-refractivity contribution in [3.8, 4) is 5.75 Å². The molecule has 0 aliphatic carbocycles. The summed E-state index contributed by atoms with van der Waals surface area (Å²) in [6, 6.07) is 4.36. The van der Waals surface area contributed by atoms with E-state index in [1.807, 2.05) is 0 Å². The Hall–Kier alpha value is -2.48. The lowest BCUT2D eigenvalue weighted by Crippen LogP contribution is -2.21. The lowest BCUT2D eigenvalue weighted by atomic mass is 10.3. The number of anilines is 1. The monoisotopic (exact) mass is 341 g/mol. The van der Waals surface area contributed by atoms with E-state index in [0.29, 0.717) is 11.1 Å². The Morgan fingerprint density at radius 1 is 1.26 bits per heavy atom. The topological polar surface area (TPSA) is 64.6 Å². The van der Waals surface area contributed by atoms with E-state index in [2.05, 4.69) is 10.1 Å². The summed E-state index contributed by atoms with van der Waals surface area (Å²) < 4.78 is 35.8. The molecule has 1 amide bonds. The van der Waals surface area contributed by atoms with Crippen LogP contribution in [0.25, 0.3) is 0 Å². The van der Waals surface area contributed by atoms with Crippen molar-refractivity contribution in [3.05, 3.63) is 46.3 Å². The minimum Gasteiger partial charge on any atom is -0.481 e. The number of aryl methyl sites for hydroxylation is 1. The summed E-state index contributed by atoms with van der Waals surface area (Å²) in [5, 5.41) is 2.83. The van der Waals surface area contributed by atoms with E-state index < -0.39 is 30.1 Å². The largest absolute Gasteiger partial charge is 0.481 e. The van der Waals surface area contributed by atoms with Crippen LogP contribution in [0.1, 0.15) is 15.2 Å². The third-order valence-corrected chi connectivity index (χ3v) is 3.73. The summed E-state index contributed by atoms with van der Waals surface area (Å²) in [7, 11) is 1.24. The highest BCUT2D eigenvalue weighted by atomic mass is 32.1. The summed E-state index contributed by atoms with van der Waals surface area (Å²) >= 11 is 1.20. The Labute approximate surface area is 134 Å². The van der Waals surface area contributed by atoms with Gasteiger partial charge >= 0.3 is 5.97 Å². The van der Waals surface area contributed by atoms with E-state index in [-0.39, 0.29) is 11.3 Å². The van der Waals surface area contributed by atoms with Gasteiger partial charge in [0, 0.05) is 10.9 Å². The zero-order valence-electron chi connectivity index (χ0n) is 12.3. The van der Waals surface area contributed by atoms with Gasteiger partial charge in [0.15, 0.2) is 18.2 Å². The number of methoxy groups -OCH3 is 1. The predicted molar refractivity (Wildman–Crippen MR) is 80.9 cm³/mol. The first-order valence-electron chi connectivity index (χ1n) is 6.47. The predicted octanol–water partition coefficient (Wildman–Crippen LogP) is 3.14. The van der Waals surface area contributed by atoms with Gasteiger partial charge in [-0.3, -0.25) is 4.79 Å². The number of carbonyl (C=O) groups is 2. The van der Waals surface area contributed by atoms with Gasteiger partial charge in [-0.2, -0.15) is 0 Å². The van der Waals surface area contributed by atoms with Gasteiger partial charge in [0.25, 0.3) is 5.91 Å². The highest BCUT2D eigenvalue weighted by Crippen LogP contribution is 2.28. The fourth-order valence-electron chi connectivity index (χ4n) is 1.77. The number of hydrogen-bond donors (Lipinski definition) is 1. The molecule has 1 heterocycles. The van der Waals surface area contributed by atoms with Crippen molar-refractivity contribution in [1.82, 2.24) is 0 Å². The Morgan fingerprint density at radius 2 is 2.00 bits per heavy atom. The van der Waals surface area contributed by atoms with Gasteiger partial charge in [0.2, 0.25) is 0 Å². The van der Waals surface area contributed by atoms with E-state index in [9.17, 15) is 18.4 Å². The lowest BCUT2D eigenvalue weighted by Gasteiger charge is -2.08. The minimum atomic E-state index is -0.903. The van der Waals surface area contributed by atoms with Crippen molar-refractivity contribution in [2.75, 3.05) is 19.0 Å². The van der Waals surface area contributed by atoms with Crippen LogP contribution in [0.4, 0.5) is 13.8 Å². The number of halogens is 2. The van der Waals surface area contributed by atoms with Crippen LogP contribution in [0.5, 0.6) is 5.75 Å². The third kappa shape index (κ3) is 4.26. The third-order valence-electron chi connectivity index (χ3n) is 2.77. The molecule has 122 valence electrons. The molecule has 1 aromatic carbocycles. The van der Waals surface area contributed by atoms with E-state index in [4.69, 9.17) is 4.74 Å². The van der Waals surface area contributed by atoms with Gasteiger partial charge in [-0.15, -0.1) is 11.3 Å². The molecule has 0 fully saturated rings. The molecule has 2 rings (SSSR count). The van der Waals surface area contributed by atoms with Crippen LogP contribution in [-0.2, 0) is 9.53 Å². The maximum atomic E-state index is 13.4. The van der Waals surface area contributed by atoms with Crippen LogP contribution in [-0.4, -0.2) is 25.6 Å². The van der Waals surface area contributed by atoms with E-state index in [0.717, 1.165) is 17.0 Å². The first-order chi connectivity index (χ1) is 10.9. The number of esters is 1. The molecule has 2 aromatic rings. The normalized spacial score (nSPS) is 10.3. The average Bonchev–Trinajstić information content (AvgIpc) is 2.86. The molecular formula is C15H13F2NO4S. The summed E-state index contributed by atoms with van der Waals surface area (Å²) in [4.78, 5) is 24.3. The van der Waals surface area contributed by atoms with Crippen molar-refractivity contribution >= 4 is 28.2 Å². The molecule has 0 saturated heterocycles. The maximum Gasteiger partial charge on any atom is 0.340 e. The van der Waals surface area contributed by atoms with Crippen molar-refractivity contribution in [2.24, 2.45) is 0 Å². The number of amides is 1. The Kier molecular flexibility index (Phi) is 5.28. The molecule has 0 saturated carbocycles. The van der Waals surface area contributed by atoms with Crippen LogP contribution in [0.15, 0.2) is 24.3 Å². The highest BCUT2D eigenvalue weighted by Gasteiger charge is 2.17. The molecule has 5 nitrogen and oxygen atoms in total. The summed E-state index contributed by atoms with van der Waals surface area (Å²) in [5.74, 6) is -3.04. The lowest BCUT2D eigenvalue weighted by molar-refractivity contribution is -0.118. The SMILES string of the molecule is COC(=O)c1cc(C)sc1NC(=O)COc1ccc(F)cc1F. The molecule has 1 aromatic heterocycles. The number of benzene rings is 1. The van der Waals surface area contributed by atoms with Gasteiger partial charge in [0.1, 0.15) is 10.8 Å². The standard InChI is InChI=1S/C15H13F2NO4S/c1-8-5-10(15(20)21-2)14(23-8)18-13(19)7-22-12-4-3-9(16)6-11(12)17/h3-6H,7H2,1-2H3,(H,18,19). The molecule has 1 N–H and O–H groups in total. The number of ether oxygens (including phenoxy) is 2. The number of carbonyl (C=O) groups excluding carboxylic acids is 2. The second-order valence-electron chi connectivity index (χ2n) is 4.50. The first-order valence-corrected chi connectivity index (χ1v) is 7.29. The molecule has 23 heavy (non-hydrogen) atoms. The Balaban J connectivity index is 2.01. The second kappa shape index (κ2) is 7.19. The average molecular weight is 341 g/mol. The van der Waals surface area contributed by atoms with Crippen molar-refractivity contribution < 1.29 is 27.8 Å². The fourth-order valence-corrected chi connectivity index (χ4v) is 2.68. The maximum absolute atomic E-state index is 13.4. The van der Waals surface area contributed by atoms with Crippen LogP contribution < -0.4 is 10.1 Å². The van der Waals surface area contributed by atoms with E-state index in [1.165, 1.54) is 18.4 Å². The van der Waals surface area contributed by atoms with Crippen LogP contribution in [0, 0.1) is 18.6 Å². The number of nitrogens with one attached hydrogen (secondary N) is 1. The molecule has 0 spiro atoms. The Morgan fingerprint density at radius 3 is 2.65 bits per heavy atom. The summed E-state index contributed by atoms with van der Waals surface area (Å²) in [6.07, 6.45) is 0. The van der Waals surface area contributed by atoms with Crippen molar-refractivity contribution in [1.29, 1.82) is 0 Å².